The van der Waals surface area contributed by atoms with Gasteiger partial charge in [0.05, 0.1) is 5.60 Å². The third-order valence-electron chi connectivity index (χ3n) is 6.70. The number of nitrogens with zero attached hydrogens (tertiary/aromatic N) is 1. The fourth-order valence-electron chi connectivity index (χ4n) is 4.94. The Balaban J connectivity index is 1.96. The highest BCUT2D eigenvalue weighted by atomic mass is 16.3. The van der Waals surface area contributed by atoms with E-state index in [1.54, 1.807) is 0 Å². The van der Waals surface area contributed by atoms with Gasteiger partial charge >= 0.3 is 0 Å². The number of benzene rings is 2. The normalized spacial score (nSPS) is 18.9. The van der Waals surface area contributed by atoms with Crippen LogP contribution in [-0.4, -0.2) is 35.7 Å². The van der Waals surface area contributed by atoms with E-state index in [9.17, 15) is 5.11 Å². The van der Waals surface area contributed by atoms with Crippen molar-refractivity contribution in [3.8, 4) is 0 Å². The lowest BCUT2D eigenvalue weighted by atomic mass is 9.75. The van der Waals surface area contributed by atoms with Crippen LogP contribution in [0.4, 0.5) is 0 Å². The molecule has 1 aliphatic heterocycles. The minimum atomic E-state index is -0.693. The molecule has 2 heteroatoms. The van der Waals surface area contributed by atoms with Crippen LogP contribution in [0.5, 0.6) is 0 Å². The van der Waals surface area contributed by atoms with E-state index >= 15 is 0 Å². The molecule has 2 aliphatic rings. The minimum absolute atomic E-state index is 0.693. The second-order valence-corrected chi connectivity index (χ2v) is 8.61. The molecule has 2 nitrogen and oxygen atoms in total. The number of fused-ring (bicyclic) bond motifs is 2. The van der Waals surface area contributed by atoms with Gasteiger partial charge in [-0.25, -0.2) is 0 Å². The summed E-state index contributed by atoms with van der Waals surface area (Å²) in [4.78, 5) is 2.34. The van der Waals surface area contributed by atoms with E-state index in [1.165, 1.54) is 33.4 Å². The maximum atomic E-state index is 11.9. The summed E-state index contributed by atoms with van der Waals surface area (Å²) in [6, 6.07) is 17.7. The Bertz CT molecular complexity index is 809. The molecule has 148 valence electrons. The predicted molar refractivity (Wildman–Crippen MR) is 118 cm³/mol. The number of aryl methyl sites for hydroxylation is 2. The third-order valence-corrected chi connectivity index (χ3v) is 6.70. The summed E-state index contributed by atoms with van der Waals surface area (Å²) in [6.45, 7) is 4.17. The fraction of sp³-hybridized carbons (Fsp3) is 0.462. The zero-order chi connectivity index (χ0) is 19.6. The van der Waals surface area contributed by atoms with Gasteiger partial charge in [0.2, 0.25) is 0 Å². The summed E-state index contributed by atoms with van der Waals surface area (Å²) in [5.74, 6) is 0. The summed E-state index contributed by atoms with van der Waals surface area (Å²) in [6.07, 6.45) is 7.05. The van der Waals surface area contributed by atoms with Gasteiger partial charge in [-0.05, 0) is 79.0 Å². The number of unbranched alkanes of at least 4 members (excludes halogenated alkanes) is 1. The SMILES string of the molecule is CCCCC(=C1c2ccccc2CCc2ccccc21)C1(O)CCN(C)CC1. The van der Waals surface area contributed by atoms with Crippen LogP contribution in [-0.2, 0) is 12.8 Å². The maximum Gasteiger partial charge on any atom is 0.0890 e. The number of aliphatic hydroxyl groups is 1. The van der Waals surface area contributed by atoms with Gasteiger partial charge in [0.25, 0.3) is 0 Å². The van der Waals surface area contributed by atoms with Crippen molar-refractivity contribution in [3.63, 3.8) is 0 Å². The van der Waals surface area contributed by atoms with Crippen LogP contribution in [0.15, 0.2) is 54.1 Å². The van der Waals surface area contributed by atoms with Crippen LogP contribution < -0.4 is 0 Å². The molecule has 0 saturated carbocycles. The Labute approximate surface area is 169 Å². The summed E-state index contributed by atoms with van der Waals surface area (Å²) in [7, 11) is 2.16. The average Bonchev–Trinajstić information content (AvgIpc) is 2.88. The molecule has 1 aliphatic carbocycles. The molecule has 0 bridgehead atoms. The quantitative estimate of drug-likeness (QED) is 0.790. The third kappa shape index (κ3) is 3.68. The van der Waals surface area contributed by atoms with E-state index in [2.05, 4.69) is 67.4 Å². The monoisotopic (exact) mass is 375 g/mol. The minimum Gasteiger partial charge on any atom is -0.385 e. The first-order valence-corrected chi connectivity index (χ1v) is 10.9. The van der Waals surface area contributed by atoms with Crippen molar-refractivity contribution in [2.75, 3.05) is 20.1 Å². The molecule has 2 aromatic rings. The smallest absolute Gasteiger partial charge is 0.0890 e. The molecule has 0 spiro atoms. The fourth-order valence-corrected chi connectivity index (χ4v) is 4.94. The van der Waals surface area contributed by atoms with E-state index in [-0.39, 0.29) is 0 Å². The lowest BCUT2D eigenvalue weighted by Crippen LogP contribution is -2.44. The van der Waals surface area contributed by atoms with Gasteiger partial charge in [0.15, 0.2) is 0 Å². The van der Waals surface area contributed by atoms with Crippen molar-refractivity contribution >= 4 is 5.57 Å². The van der Waals surface area contributed by atoms with Crippen molar-refractivity contribution in [1.82, 2.24) is 4.90 Å². The van der Waals surface area contributed by atoms with Gasteiger partial charge < -0.3 is 10.0 Å². The van der Waals surface area contributed by atoms with Crippen LogP contribution in [0.25, 0.3) is 5.57 Å². The van der Waals surface area contributed by atoms with E-state index in [1.807, 2.05) is 0 Å². The van der Waals surface area contributed by atoms with Gasteiger partial charge in [-0.2, -0.15) is 0 Å². The molecule has 1 N–H and O–H groups in total. The van der Waals surface area contributed by atoms with E-state index < -0.39 is 5.60 Å². The number of hydrogen-bond acceptors (Lipinski definition) is 2. The number of piperidine rings is 1. The lowest BCUT2D eigenvalue weighted by Gasteiger charge is -2.40. The Morgan fingerprint density at radius 2 is 1.46 bits per heavy atom. The number of rotatable bonds is 4. The van der Waals surface area contributed by atoms with E-state index in [4.69, 9.17) is 0 Å². The molecule has 0 radical (unpaired) electrons. The summed E-state index contributed by atoms with van der Waals surface area (Å²) < 4.78 is 0. The molecule has 0 unspecified atom stereocenters. The first-order valence-electron chi connectivity index (χ1n) is 10.9. The number of hydrogen-bond donors (Lipinski definition) is 1. The van der Waals surface area contributed by atoms with Crippen molar-refractivity contribution in [1.29, 1.82) is 0 Å². The van der Waals surface area contributed by atoms with Crippen LogP contribution in [0.3, 0.4) is 0 Å². The molecular weight excluding hydrogens is 342 g/mol. The summed E-state index contributed by atoms with van der Waals surface area (Å²) in [5.41, 5.74) is 7.42. The highest BCUT2D eigenvalue weighted by molar-refractivity contribution is 5.87. The molecule has 1 fully saturated rings. The Morgan fingerprint density at radius 3 is 2.00 bits per heavy atom. The first-order chi connectivity index (χ1) is 13.6. The second kappa shape index (κ2) is 8.23. The van der Waals surface area contributed by atoms with Gasteiger partial charge in [0, 0.05) is 13.1 Å². The highest BCUT2D eigenvalue weighted by Gasteiger charge is 2.37. The van der Waals surface area contributed by atoms with Gasteiger partial charge in [-0.15, -0.1) is 0 Å². The summed E-state index contributed by atoms with van der Waals surface area (Å²) >= 11 is 0. The van der Waals surface area contributed by atoms with Crippen molar-refractivity contribution < 1.29 is 5.11 Å². The lowest BCUT2D eigenvalue weighted by molar-refractivity contribution is 0.0140. The molecule has 0 aromatic heterocycles. The van der Waals surface area contributed by atoms with Crippen molar-refractivity contribution in [3.05, 3.63) is 76.4 Å². The van der Waals surface area contributed by atoms with Crippen LogP contribution in [0.1, 0.15) is 61.3 Å². The molecule has 0 atom stereocenters. The van der Waals surface area contributed by atoms with Crippen LogP contribution >= 0.6 is 0 Å². The van der Waals surface area contributed by atoms with Gasteiger partial charge in [0.1, 0.15) is 0 Å². The van der Waals surface area contributed by atoms with Crippen molar-refractivity contribution in [2.45, 2.75) is 57.5 Å². The average molecular weight is 376 g/mol. The van der Waals surface area contributed by atoms with E-state index in [0.29, 0.717) is 0 Å². The molecule has 4 rings (SSSR count). The molecule has 1 saturated heterocycles. The summed E-state index contributed by atoms with van der Waals surface area (Å²) in [5, 5.41) is 11.9. The number of likely N-dealkylation sites (tertiary alicyclic amines) is 1. The van der Waals surface area contributed by atoms with Crippen molar-refractivity contribution in [2.24, 2.45) is 0 Å². The van der Waals surface area contributed by atoms with Gasteiger partial charge in [-0.1, -0.05) is 61.9 Å². The molecule has 0 amide bonds. The first kappa shape index (κ1) is 19.4. The predicted octanol–water partition coefficient (Wildman–Crippen LogP) is 5.23. The Kier molecular flexibility index (Phi) is 5.70. The Morgan fingerprint density at radius 1 is 0.929 bits per heavy atom. The molecular formula is C26H33NO. The zero-order valence-electron chi connectivity index (χ0n) is 17.4. The Hall–Kier alpha value is -1.90. The largest absolute Gasteiger partial charge is 0.385 e. The standard InChI is InChI=1S/C26H33NO/c1-3-4-13-24(26(28)16-18-27(2)19-17-26)25-22-11-7-5-9-20(22)14-15-21-10-6-8-12-23(21)25/h5-12,28H,3-4,13-19H2,1-2H3. The zero-order valence-corrected chi connectivity index (χ0v) is 17.4. The topological polar surface area (TPSA) is 23.5 Å². The molecule has 2 aromatic carbocycles. The highest BCUT2D eigenvalue weighted by Crippen LogP contribution is 2.43. The van der Waals surface area contributed by atoms with Crippen LogP contribution in [0, 0.1) is 0 Å². The van der Waals surface area contributed by atoms with E-state index in [0.717, 1.165) is 58.0 Å². The van der Waals surface area contributed by atoms with Gasteiger partial charge in [-0.3, -0.25) is 0 Å². The molecule has 28 heavy (non-hydrogen) atoms. The maximum absolute atomic E-state index is 11.9. The van der Waals surface area contributed by atoms with Crippen LogP contribution in [0.2, 0.25) is 0 Å². The molecule has 1 heterocycles. The second-order valence-electron chi connectivity index (χ2n) is 8.61.